The minimum atomic E-state index is -0.489. The first-order valence-corrected chi connectivity index (χ1v) is 8.55. The van der Waals surface area contributed by atoms with E-state index in [0.717, 1.165) is 5.56 Å². The molecule has 0 radical (unpaired) electrons. The largest absolute Gasteiger partial charge is 0.463 e. The van der Waals surface area contributed by atoms with E-state index in [1.807, 2.05) is 19.1 Å². The van der Waals surface area contributed by atoms with Crippen molar-refractivity contribution >= 4 is 29.6 Å². The Morgan fingerprint density at radius 2 is 1.96 bits per heavy atom. The highest BCUT2D eigenvalue weighted by molar-refractivity contribution is 8.04. The summed E-state index contributed by atoms with van der Waals surface area (Å²) < 4.78 is 10.0. The first kappa shape index (κ1) is 18.1. The summed E-state index contributed by atoms with van der Waals surface area (Å²) in [5, 5.41) is 0.518. The van der Waals surface area contributed by atoms with Gasteiger partial charge >= 0.3 is 11.9 Å². The van der Waals surface area contributed by atoms with E-state index in [9.17, 15) is 14.4 Å². The summed E-state index contributed by atoms with van der Waals surface area (Å²) in [5.74, 6) is -0.791. The number of carbonyl (C=O) groups is 3. The monoisotopic (exact) mass is 349 g/mol. The average molecular weight is 349 g/mol. The van der Waals surface area contributed by atoms with Gasteiger partial charge in [0.25, 0.3) is 0 Å². The molecule has 0 saturated carbocycles. The standard InChI is InChI=1S/C17H19NO5S/c1-3-22-16(20)10-15-18(14(19)11-24-15)8-9-23-17(21)13-6-4-12(2)5-7-13/h4-7,10H,3,8-9,11H2,1-2H3. The van der Waals surface area contributed by atoms with Gasteiger partial charge in [0.1, 0.15) is 6.61 Å². The van der Waals surface area contributed by atoms with Crippen molar-refractivity contribution in [2.45, 2.75) is 13.8 Å². The lowest BCUT2D eigenvalue weighted by atomic mass is 10.1. The van der Waals surface area contributed by atoms with Gasteiger partial charge in [0.05, 0.1) is 35.6 Å². The SMILES string of the molecule is CCOC(=O)C=C1SCC(=O)N1CCOC(=O)c1ccc(C)cc1. The van der Waals surface area contributed by atoms with Gasteiger partial charge in [0, 0.05) is 0 Å². The van der Waals surface area contributed by atoms with Gasteiger partial charge in [-0.1, -0.05) is 29.5 Å². The fraction of sp³-hybridized carbons (Fsp3) is 0.353. The van der Waals surface area contributed by atoms with Crippen molar-refractivity contribution in [1.29, 1.82) is 0 Å². The Balaban J connectivity index is 1.89. The molecule has 1 heterocycles. The summed E-state index contributed by atoms with van der Waals surface area (Å²) in [6, 6.07) is 7.05. The van der Waals surface area contributed by atoms with E-state index in [1.54, 1.807) is 19.1 Å². The van der Waals surface area contributed by atoms with Crippen LogP contribution in [-0.2, 0) is 19.1 Å². The molecule has 2 rings (SSSR count). The Hall–Kier alpha value is -2.28. The molecule has 0 aliphatic carbocycles. The third-order valence-electron chi connectivity index (χ3n) is 3.27. The number of nitrogens with zero attached hydrogens (tertiary/aromatic N) is 1. The zero-order valence-electron chi connectivity index (χ0n) is 13.6. The molecule has 24 heavy (non-hydrogen) atoms. The lowest BCUT2D eigenvalue weighted by molar-refractivity contribution is -0.137. The predicted molar refractivity (Wildman–Crippen MR) is 90.3 cm³/mol. The van der Waals surface area contributed by atoms with Crippen LogP contribution in [0.1, 0.15) is 22.8 Å². The molecule has 128 valence electrons. The molecule has 0 spiro atoms. The number of esters is 2. The first-order chi connectivity index (χ1) is 11.5. The molecule has 1 fully saturated rings. The number of carbonyl (C=O) groups excluding carboxylic acids is 3. The summed E-state index contributed by atoms with van der Waals surface area (Å²) in [5.41, 5.74) is 1.52. The molecule has 6 nitrogen and oxygen atoms in total. The van der Waals surface area contributed by atoms with Crippen LogP contribution in [0.25, 0.3) is 0 Å². The number of benzene rings is 1. The van der Waals surface area contributed by atoms with Crippen molar-refractivity contribution < 1.29 is 23.9 Å². The van der Waals surface area contributed by atoms with Crippen LogP contribution in [0.2, 0.25) is 0 Å². The van der Waals surface area contributed by atoms with E-state index < -0.39 is 11.9 Å². The van der Waals surface area contributed by atoms with Gasteiger partial charge in [-0.05, 0) is 26.0 Å². The molecular weight excluding hydrogens is 330 g/mol. The third kappa shape index (κ3) is 4.86. The summed E-state index contributed by atoms with van der Waals surface area (Å²) in [7, 11) is 0. The van der Waals surface area contributed by atoms with Crippen LogP contribution < -0.4 is 0 Å². The van der Waals surface area contributed by atoms with Crippen LogP contribution >= 0.6 is 11.8 Å². The van der Waals surface area contributed by atoms with Gasteiger partial charge in [-0.2, -0.15) is 0 Å². The number of ether oxygens (including phenoxy) is 2. The van der Waals surface area contributed by atoms with Crippen molar-refractivity contribution in [3.63, 3.8) is 0 Å². The number of hydrogen-bond donors (Lipinski definition) is 0. The second-order valence-electron chi connectivity index (χ2n) is 5.07. The summed E-state index contributed by atoms with van der Waals surface area (Å²) in [4.78, 5) is 36.8. The number of aryl methyl sites for hydroxylation is 1. The minimum absolute atomic E-state index is 0.0547. The highest BCUT2D eigenvalue weighted by atomic mass is 32.2. The van der Waals surface area contributed by atoms with Crippen molar-refractivity contribution in [1.82, 2.24) is 4.90 Å². The number of hydrogen-bond acceptors (Lipinski definition) is 6. The van der Waals surface area contributed by atoms with E-state index in [4.69, 9.17) is 9.47 Å². The van der Waals surface area contributed by atoms with Crippen LogP contribution in [0.4, 0.5) is 0 Å². The zero-order chi connectivity index (χ0) is 17.5. The third-order valence-corrected chi connectivity index (χ3v) is 4.30. The van der Waals surface area contributed by atoms with Crippen molar-refractivity contribution in [3.05, 3.63) is 46.5 Å². The van der Waals surface area contributed by atoms with Gasteiger partial charge in [-0.3, -0.25) is 4.79 Å². The Morgan fingerprint density at radius 1 is 1.25 bits per heavy atom. The number of thioether (sulfide) groups is 1. The van der Waals surface area contributed by atoms with Gasteiger partial charge in [0.2, 0.25) is 5.91 Å². The smallest absolute Gasteiger partial charge is 0.338 e. The Bertz CT molecular complexity index is 653. The normalized spacial score (nSPS) is 15.7. The van der Waals surface area contributed by atoms with Gasteiger partial charge in [-0.25, -0.2) is 9.59 Å². The zero-order valence-corrected chi connectivity index (χ0v) is 14.4. The number of rotatable bonds is 6. The Kier molecular flexibility index (Phi) is 6.43. The average Bonchev–Trinajstić information content (AvgIpc) is 2.88. The molecule has 0 atom stereocenters. The molecule has 1 amide bonds. The summed E-state index contributed by atoms with van der Waals surface area (Å²) >= 11 is 1.27. The Morgan fingerprint density at radius 3 is 2.62 bits per heavy atom. The molecule has 1 saturated heterocycles. The molecule has 0 bridgehead atoms. The van der Waals surface area contributed by atoms with Gasteiger partial charge in [0.15, 0.2) is 0 Å². The topological polar surface area (TPSA) is 72.9 Å². The van der Waals surface area contributed by atoms with E-state index >= 15 is 0 Å². The molecule has 0 N–H and O–H groups in total. The first-order valence-electron chi connectivity index (χ1n) is 7.56. The molecule has 1 aromatic carbocycles. The molecule has 0 unspecified atom stereocenters. The highest BCUT2D eigenvalue weighted by Gasteiger charge is 2.27. The van der Waals surface area contributed by atoms with Crippen molar-refractivity contribution in [3.8, 4) is 0 Å². The van der Waals surface area contributed by atoms with Gasteiger partial charge in [-0.15, -0.1) is 0 Å². The van der Waals surface area contributed by atoms with Crippen molar-refractivity contribution in [2.24, 2.45) is 0 Å². The van der Waals surface area contributed by atoms with Crippen LogP contribution in [0.5, 0.6) is 0 Å². The Labute approximate surface area is 144 Å². The van der Waals surface area contributed by atoms with E-state index in [-0.39, 0.29) is 31.4 Å². The maximum Gasteiger partial charge on any atom is 0.338 e. The molecule has 1 aromatic rings. The van der Waals surface area contributed by atoms with Crippen LogP contribution in [-0.4, -0.2) is 48.3 Å². The van der Waals surface area contributed by atoms with Gasteiger partial charge < -0.3 is 14.4 Å². The van der Waals surface area contributed by atoms with Crippen LogP contribution in [0.15, 0.2) is 35.4 Å². The molecule has 0 aromatic heterocycles. The fourth-order valence-corrected chi connectivity index (χ4v) is 3.01. The van der Waals surface area contributed by atoms with Crippen LogP contribution in [0.3, 0.4) is 0 Å². The van der Waals surface area contributed by atoms with Crippen LogP contribution in [0, 0.1) is 6.92 Å². The maximum absolute atomic E-state index is 11.9. The van der Waals surface area contributed by atoms with Crippen molar-refractivity contribution in [2.75, 3.05) is 25.5 Å². The number of amides is 1. The molecule has 7 heteroatoms. The second-order valence-corrected chi connectivity index (χ2v) is 6.07. The van der Waals surface area contributed by atoms with E-state index in [0.29, 0.717) is 10.6 Å². The minimum Gasteiger partial charge on any atom is -0.463 e. The molecular formula is C17H19NO5S. The highest BCUT2D eigenvalue weighted by Crippen LogP contribution is 2.28. The second kappa shape index (κ2) is 8.54. The summed E-state index contributed by atoms with van der Waals surface area (Å²) in [6.07, 6.45) is 1.29. The maximum atomic E-state index is 11.9. The molecule has 1 aliphatic rings. The predicted octanol–water partition coefficient (Wildman–Crippen LogP) is 2.13. The van der Waals surface area contributed by atoms with E-state index in [1.165, 1.54) is 22.7 Å². The lowest BCUT2D eigenvalue weighted by Gasteiger charge is -2.16. The van der Waals surface area contributed by atoms with E-state index in [2.05, 4.69) is 0 Å². The lowest BCUT2D eigenvalue weighted by Crippen LogP contribution is -2.29. The molecule has 1 aliphatic heterocycles. The summed E-state index contributed by atoms with van der Waals surface area (Å²) in [6.45, 7) is 4.18. The fourth-order valence-electron chi connectivity index (χ4n) is 2.06. The quantitative estimate of drug-likeness (QED) is 0.579.